The highest BCUT2D eigenvalue weighted by Gasteiger charge is 2.09. The van der Waals surface area contributed by atoms with Gasteiger partial charge in [-0.2, -0.15) is 0 Å². The first-order valence-electron chi connectivity index (χ1n) is 7.00. The summed E-state index contributed by atoms with van der Waals surface area (Å²) in [5.74, 6) is 0. The normalized spacial score (nSPS) is 10.8. The zero-order valence-corrected chi connectivity index (χ0v) is 13.1. The molecule has 0 fully saturated rings. The first-order valence-corrected chi connectivity index (χ1v) is 7.88. The minimum absolute atomic E-state index is 0.575. The Morgan fingerprint density at radius 1 is 1.05 bits per heavy atom. The summed E-state index contributed by atoms with van der Waals surface area (Å²) in [7, 11) is 0. The highest BCUT2D eigenvalue weighted by molar-refractivity contribution is 7.13. The average Bonchev–Trinajstić information content (AvgIpc) is 2.99. The van der Waals surface area contributed by atoms with Crippen LogP contribution in [0.3, 0.4) is 0 Å². The topological polar surface area (TPSA) is 38.9 Å². The lowest BCUT2D eigenvalue weighted by Gasteiger charge is -2.04. The van der Waals surface area contributed by atoms with Crippen molar-refractivity contribution in [3.05, 3.63) is 64.5 Å². The monoisotopic (exact) mass is 294 g/mol. The summed E-state index contributed by atoms with van der Waals surface area (Å²) >= 11 is 1.68. The quantitative estimate of drug-likeness (QED) is 0.769. The third-order valence-corrected chi connectivity index (χ3v) is 4.50. The molecule has 2 aromatic carbocycles. The molecule has 2 nitrogen and oxygen atoms in total. The highest BCUT2D eigenvalue weighted by Crippen LogP contribution is 2.31. The van der Waals surface area contributed by atoms with E-state index in [0.29, 0.717) is 6.54 Å². The molecule has 0 amide bonds. The van der Waals surface area contributed by atoms with Gasteiger partial charge in [-0.25, -0.2) is 4.98 Å². The van der Waals surface area contributed by atoms with Crippen LogP contribution in [0, 0.1) is 13.8 Å². The molecule has 0 bridgehead atoms. The van der Waals surface area contributed by atoms with Crippen molar-refractivity contribution in [3.8, 4) is 21.8 Å². The second-order valence-electron chi connectivity index (χ2n) is 5.26. The van der Waals surface area contributed by atoms with Crippen molar-refractivity contribution >= 4 is 11.3 Å². The van der Waals surface area contributed by atoms with Gasteiger partial charge in [-0.05, 0) is 31.0 Å². The molecule has 0 unspecified atom stereocenters. The minimum atomic E-state index is 0.575. The van der Waals surface area contributed by atoms with Crippen LogP contribution in [0.4, 0.5) is 0 Å². The Balaban J connectivity index is 1.97. The number of thiazole rings is 1. The molecule has 3 aromatic rings. The van der Waals surface area contributed by atoms with Crippen LogP contribution >= 0.6 is 11.3 Å². The maximum absolute atomic E-state index is 5.64. The lowest BCUT2D eigenvalue weighted by Crippen LogP contribution is -1.95. The van der Waals surface area contributed by atoms with Crippen LogP contribution in [0.15, 0.2) is 47.8 Å². The smallest absolute Gasteiger partial charge is 0.124 e. The number of hydrogen-bond acceptors (Lipinski definition) is 3. The van der Waals surface area contributed by atoms with Crippen molar-refractivity contribution in [1.29, 1.82) is 0 Å². The van der Waals surface area contributed by atoms with E-state index in [0.717, 1.165) is 21.8 Å². The molecule has 0 aliphatic carbocycles. The molecule has 0 saturated carbocycles. The van der Waals surface area contributed by atoms with E-state index in [4.69, 9.17) is 10.7 Å². The van der Waals surface area contributed by atoms with E-state index in [1.807, 2.05) is 0 Å². The Hall–Kier alpha value is -1.97. The Labute approximate surface area is 129 Å². The fourth-order valence-electron chi connectivity index (χ4n) is 2.33. The summed E-state index contributed by atoms with van der Waals surface area (Å²) in [5.41, 5.74) is 12.7. The molecule has 0 radical (unpaired) electrons. The first-order chi connectivity index (χ1) is 10.2. The number of benzene rings is 2. The van der Waals surface area contributed by atoms with E-state index in [9.17, 15) is 0 Å². The van der Waals surface area contributed by atoms with Crippen molar-refractivity contribution in [3.63, 3.8) is 0 Å². The fourth-order valence-corrected chi connectivity index (χ4v) is 3.15. The van der Waals surface area contributed by atoms with Crippen LogP contribution in [0.5, 0.6) is 0 Å². The van der Waals surface area contributed by atoms with Crippen molar-refractivity contribution < 1.29 is 0 Å². The number of aromatic nitrogens is 1. The van der Waals surface area contributed by atoms with Crippen LogP contribution in [0.2, 0.25) is 0 Å². The van der Waals surface area contributed by atoms with Crippen LogP contribution in [0.1, 0.15) is 16.7 Å². The van der Waals surface area contributed by atoms with Crippen molar-refractivity contribution in [2.45, 2.75) is 20.4 Å². The van der Waals surface area contributed by atoms with Gasteiger partial charge in [0.15, 0.2) is 0 Å². The van der Waals surface area contributed by atoms with Gasteiger partial charge >= 0.3 is 0 Å². The number of hydrogen-bond donors (Lipinski definition) is 1. The lowest BCUT2D eigenvalue weighted by atomic mass is 10.0. The molecular formula is C18H18N2S. The van der Waals surface area contributed by atoms with Gasteiger partial charge in [0, 0.05) is 23.1 Å². The number of nitrogens with two attached hydrogens (primary N) is 1. The van der Waals surface area contributed by atoms with Gasteiger partial charge in [-0.15, -0.1) is 11.3 Å². The SMILES string of the molecule is Cc1ccc(C)c(-c2csc(-c3ccc(CN)cc3)n2)c1. The lowest BCUT2D eigenvalue weighted by molar-refractivity contribution is 1.07. The Morgan fingerprint density at radius 3 is 2.52 bits per heavy atom. The Morgan fingerprint density at radius 2 is 1.81 bits per heavy atom. The van der Waals surface area contributed by atoms with Gasteiger partial charge in [0.1, 0.15) is 5.01 Å². The van der Waals surface area contributed by atoms with Crippen molar-refractivity contribution in [1.82, 2.24) is 4.98 Å². The zero-order valence-electron chi connectivity index (χ0n) is 12.3. The fraction of sp³-hybridized carbons (Fsp3) is 0.167. The van der Waals surface area contributed by atoms with Crippen molar-refractivity contribution in [2.75, 3.05) is 0 Å². The number of aryl methyl sites for hydroxylation is 2. The molecule has 0 aliphatic rings. The van der Waals surface area contributed by atoms with E-state index < -0.39 is 0 Å². The molecule has 21 heavy (non-hydrogen) atoms. The molecule has 1 heterocycles. The summed E-state index contributed by atoms with van der Waals surface area (Å²) in [6.45, 7) is 4.82. The first kappa shape index (κ1) is 14.0. The zero-order chi connectivity index (χ0) is 14.8. The summed E-state index contributed by atoms with van der Waals surface area (Å²) in [4.78, 5) is 4.80. The highest BCUT2D eigenvalue weighted by atomic mass is 32.1. The maximum Gasteiger partial charge on any atom is 0.124 e. The number of nitrogens with zero attached hydrogens (tertiary/aromatic N) is 1. The second kappa shape index (κ2) is 5.80. The third kappa shape index (κ3) is 2.89. The van der Waals surface area contributed by atoms with Gasteiger partial charge in [0.25, 0.3) is 0 Å². The van der Waals surface area contributed by atoms with Gasteiger partial charge in [-0.3, -0.25) is 0 Å². The molecule has 0 spiro atoms. The van der Waals surface area contributed by atoms with Crippen LogP contribution in [-0.4, -0.2) is 4.98 Å². The van der Waals surface area contributed by atoms with Gasteiger partial charge in [0.05, 0.1) is 5.69 Å². The molecular weight excluding hydrogens is 276 g/mol. The average molecular weight is 294 g/mol. The van der Waals surface area contributed by atoms with E-state index in [-0.39, 0.29) is 0 Å². The summed E-state index contributed by atoms with van der Waals surface area (Å²) < 4.78 is 0. The third-order valence-electron chi connectivity index (χ3n) is 3.61. The van der Waals surface area contributed by atoms with Gasteiger partial charge in [-0.1, -0.05) is 42.0 Å². The summed E-state index contributed by atoms with van der Waals surface area (Å²) in [5, 5.41) is 3.18. The minimum Gasteiger partial charge on any atom is -0.326 e. The largest absolute Gasteiger partial charge is 0.326 e. The van der Waals surface area contributed by atoms with Crippen LogP contribution in [-0.2, 0) is 6.54 Å². The summed E-state index contributed by atoms with van der Waals surface area (Å²) in [6, 6.07) is 14.8. The molecule has 3 heteroatoms. The van der Waals surface area contributed by atoms with E-state index in [1.165, 1.54) is 16.7 Å². The molecule has 0 saturated heterocycles. The van der Waals surface area contributed by atoms with Gasteiger partial charge in [0.2, 0.25) is 0 Å². The van der Waals surface area contributed by atoms with Gasteiger partial charge < -0.3 is 5.73 Å². The van der Waals surface area contributed by atoms with E-state index in [1.54, 1.807) is 11.3 Å². The van der Waals surface area contributed by atoms with E-state index in [2.05, 4.69) is 61.7 Å². The molecule has 3 rings (SSSR count). The molecule has 0 aliphatic heterocycles. The molecule has 0 atom stereocenters. The van der Waals surface area contributed by atoms with E-state index >= 15 is 0 Å². The summed E-state index contributed by atoms with van der Waals surface area (Å²) in [6.07, 6.45) is 0. The predicted molar refractivity (Wildman–Crippen MR) is 90.4 cm³/mol. The molecule has 2 N–H and O–H groups in total. The second-order valence-corrected chi connectivity index (χ2v) is 6.12. The predicted octanol–water partition coefficient (Wildman–Crippen LogP) is 4.55. The Bertz CT molecular complexity index is 757. The number of rotatable bonds is 3. The van der Waals surface area contributed by atoms with Crippen LogP contribution < -0.4 is 5.73 Å². The van der Waals surface area contributed by atoms with Crippen LogP contribution in [0.25, 0.3) is 21.8 Å². The van der Waals surface area contributed by atoms with Crippen molar-refractivity contribution in [2.24, 2.45) is 5.73 Å². The molecule has 1 aromatic heterocycles. The Kier molecular flexibility index (Phi) is 3.86. The standard InChI is InChI=1S/C18H18N2S/c1-12-3-4-13(2)16(9-12)17-11-21-18(20-17)15-7-5-14(10-19)6-8-15/h3-9,11H,10,19H2,1-2H3. The maximum atomic E-state index is 5.64. The molecule has 106 valence electrons.